The van der Waals surface area contributed by atoms with Gasteiger partial charge in [0.05, 0.1) is 37.0 Å². The number of fused-ring (bicyclic) bond motifs is 1. The average molecular weight is 470 g/mol. The molecule has 9 heteroatoms. The number of likely N-dealkylation sites (tertiary alicyclic amines) is 1. The van der Waals surface area contributed by atoms with Crippen molar-refractivity contribution in [2.24, 2.45) is 5.73 Å². The summed E-state index contributed by atoms with van der Waals surface area (Å²) in [5, 5.41) is 4.33. The Bertz CT molecular complexity index is 1350. The molecular weight excluding hydrogens is 442 g/mol. The van der Waals surface area contributed by atoms with Crippen molar-refractivity contribution in [3.8, 4) is 17.1 Å². The third-order valence-electron chi connectivity index (χ3n) is 6.09. The predicted octanol–water partition coefficient (Wildman–Crippen LogP) is 2.66. The molecule has 4 aromatic rings. The summed E-state index contributed by atoms with van der Waals surface area (Å²) >= 11 is 0. The van der Waals surface area contributed by atoms with Gasteiger partial charge in [-0.05, 0) is 24.1 Å². The first kappa shape index (κ1) is 22.7. The molecule has 1 fully saturated rings. The fourth-order valence-corrected chi connectivity index (χ4v) is 4.47. The zero-order valence-corrected chi connectivity index (χ0v) is 19.5. The molecular formula is C26H27N7O2. The van der Waals surface area contributed by atoms with Crippen molar-refractivity contribution in [1.29, 1.82) is 0 Å². The SMILES string of the molecule is COc1cncc2nc(-c3ccnc(Cc4ccccc4)c3)nc(NC3CCN(CC(N)=O)C3)c12. The number of rotatable bonds is 8. The highest BCUT2D eigenvalue weighted by atomic mass is 16.5. The maximum Gasteiger partial charge on any atom is 0.231 e. The van der Waals surface area contributed by atoms with Crippen LogP contribution in [0.1, 0.15) is 17.7 Å². The van der Waals surface area contributed by atoms with Crippen molar-refractivity contribution in [3.05, 3.63) is 72.3 Å². The third kappa shape index (κ3) is 5.20. The Morgan fingerprint density at radius 3 is 2.86 bits per heavy atom. The number of primary amides is 1. The number of pyridine rings is 2. The summed E-state index contributed by atoms with van der Waals surface area (Å²) in [7, 11) is 1.61. The van der Waals surface area contributed by atoms with Crippen LogP contribution in [-0.2, 0) is 11.2 Å². The molecule has 1 amide bonds. The van der Waals surface area contributed by atoms with E-state index in [1.165, 1.54) is 5.56 Å². The largest absolute Gasteiger partial charge is 0.494 e. The van der Waals surface area contributed by atoms with E-state index in [1.54, 1.807) is 25.7 Å². The van der Waals surface area contributed by atoms with Gasteiger partial charge in [-0.2, -0.15) is 0 Å². The summed E-state index contributed by atoms with van der Waals surface area (Å²) in [4.78, 5) is 31.9. The number of anilines is 1. The number of carbonyl (C=O) groups is 1. The second kappa shape index (κ2) is 10.0. The normalized spacial score (nSPS) is 15.9. The lowest BCUT2D eigenvalue weighted by atomic mass is 10.1. The minimum Gasteiger partial charge on any atom is -0.494 e. The van der Waals surface area contributed by atoms with E-state index in [4.69, 9.17) is 20.4 Å². The van der Waals surface area contributed by atoms with Crippen LogP contribution in [0, 0.1) is 0 Å². The van der Waals surface area contributed by atoms with E-state index >= 15 is 0 Å². The van der Waals surface area contributed by atoms with E-state index < -0.39 is 0 Å². The van der Waals surface area contributed by atoms with Crippen LogP contribution < -0.4 is 15.8 Å². The lowest BCUT2D eigenvalue weighted by molar-refractivity contribution is -0.118. The first-order chi connectivity index (χ1) is 17.1. The van der Waals surface area contributed by atoms with Gasteiger partial charge in [0.15, 0.2) is 5.82 Å². The molecule has 1 aliphatic rings. The van der Waals surface area contributed by atoms with Crippen LogP contribution in [0.3, 0.4) is 0 Å². The van der Waals surface area contributed by atoms with Gasteiger partial charge in [-0.15, -0.1) is 0 Å². The second-order valence-corrected chi connectivity index (χ2v) is 8.66. The van der Waals surface area contributed by atoms with Gasteiger partial charge in [0.1, 0.15) is 11.6 Å². The number of ether oxygens (including phenoxy) is 1. The van der Waals surface area contributed by atoms with Gasteiger partial charge in [-0.3, -0.25) is 19.7 Å². The molecule has 1 atom stereocenters. The van der Waals surface area contributed by atoms with Crippen LogP contribution >= 0.6 is 0 Å². The lowest BCUT2D eigenvalue weighted by Crippen LogP contribution is -2.34. The number of hydrogen-bond acceptors (Lipinski definition) is 8. The lowest BCUT2D eigenvalue weighted by Gasteiger charge is -2.18. The molecule has 0 spiro atoms. The maximum absolute atomic E-state index is 11.3. The van der Waals surface area contributed by atoms with E-state index in [0.29, 0.717) is 29.5 Å². The van der Waals surface area contributed by atoms with Crippen molar-refractivity contribution in [1.82, 2.24) is 24.8 Å². The summed E-state index contributed by atoms with van der Waals surface area (Å²) in [5.74, 6) is 1.54. The molecule has 0 bridgehead atoms. The second-order valence-electron chi connectivity index (χ2n) is 8.66. The molecule has 178 valence electrons. The van der Waals surface area contributed by atoms with Crippen LogP contribution in [0.15, 0.2) is 61.1 Å². The third-order valence-corrected chi connectivity index (χ3v) is 6.09. The van der Waals surface area contributed by atoms with Crippen LogP contribution in [0.5, 0.6) is 5.75 Å². The molecule has 0 saturated carbocycles. The average Bonchev–Trinajstić information content (AvgIpc) is 3.30. The van der Waals surface area contributed by atoms with Crippen LogP contribution in [-0.4, -0.2) is 63.5 Å². The van der Waals surface area contributed by atoms with Gasteiger partial charge >= 0.3 is 0 Å². The minimum atomic E-state index is -0.322. The van der Waals surface area contributed by atoms with Crippen molar-refractivity contribution < 1.29 is 9.53 Å². The molecule has 3 N–H and O–H groups in total. The number of nitrogens with one attached hydrogen (secondary N) is 1. The molecule has 0 aliphatic carbocycles. The highest BCUT2D eigenvalue weighted by Crippen LogP contribution is 2.32. The number of hydrogen-bond donors (Lipinski definition) is 2. The number of amides is 1. The summed E-state index contributed by atoms with van der Waals surface area (Å²) in [6, 6.07) is 14.3. The molecule has 0 radical (unpaired) electrons. The van der Waals surface area contributed by atoms with Gasteiger partial charge < -0.3 is 15.8 Å². The Morgan fingerprint density at radius 1 is 1.20 bits per heavy atom. The predicted molar refractivity (Wildman–Crippen MR) is 134 cm³/mol. The van der Waals surface area contributed by atoms with E-state index in [9.17, 15) is 4.79 Å². The summed E-state index contributed by atoms with van der Waals surface area (Å²) in [6.45, 7) is 1.75. The molecule has 1 aliphatic heterocycles. The summed E-state index contributed by atoms with van der Waals surface area (Å²) < 4.78 is 5.57. The topological polar surface area (TPSA) is 119 Å². The van der Waals surface area contributed by atoms with E-state index in [1.807, 2.05) is 35.2 Å². The molecule has 9 nitrogen and oxygen atoms in total. The van der Waals surface area contributed by atoms with Crippen LogP contribution in [0.2, 0.25) is 0 Å². The fourth-order valence-electron chi connectivity index (χ4n) is 4.47. The molecule has 1 unspecified atom stereocenters. The van der Waals surface area contributed by atoms with E-state index in [-0.39, 0.29) is 18.5 Å². The molecule has 4 heterocycles. The van der Waals surface area contributed by atoms with E-state index in [0.717, 1.165) is 36.0 Å². The zero-order chi connectivity index (χ0) is 24.2. The van der Waals surface area contributed by atoms with Crippen molar-refractivity contribution in [2.45, 2.75) is 18.9 Å². The number of benzene rings is 1. The molecule has 1 saturated heterocycles. The highest BCUT2D eigenvalue weighted by Gasteiger charge is 2.25. The molecule has 5 rings (SSSR count). The van der Waals surface area contributed by atoms with Gasteiger partial charge in [0.25, 0.3) is 0 Å². The molecule has 35 heavy (non-hydrogen) atoms. The zero-order valence-electron chi connectivity index (χ0n) is 19.5. The minimum absolute atomic E-state index is 0.115. The number of nitrogens with zero attached hydrogens (tertiary/aromatic N) is 5. The van der Waals surface area contributed by atoms with Crippen molar-refractivity contribution >= 4 is 22.6 Å². The number of nitrogens with two attached hydrogens (primary N) is 1. The Hall–Kier alpha value is -4.11. The highest BCUT2D eigenvalue weighted by molar-refractivity contribution is 5.95. The number of aromatic nitrogens is 4. The van der Waals surface area contributed by atoms with E-state index in [2.05, 4.69) is 27.4 Å². The van der Waals surface area contributed by atoms with Crippen molar-refractivity contribution in [3.63, 3.8) is 0 Å². The molecule has 3 aromatic heterocycles. The first-order valence-corrected chi connectivity index (χ1v) is 11.5. The number of carbonyl (C=O) groups excluding carboxylic acids is 1. The van der Waals surface area contributed by atoms with Crippen LogP contribution in [0.4, 0.5) is 5.82 Å². The summed E-state index contributed by atoms with van der Waals surface area (Å²) in [5.41, 5.74) is 9.07. The standard InChI is InChI=1S/C26H27N7O2/c1-35-22-14-28-13-21-24(22)26(30-19-8-10-33(15-19)16-23(27)34)32-25(31-21)18-7-9-29-20(12-18)11-17-5-3-2-4-6-17/h2-7,9,12-14,19H,8,10-11,15-16H2,1H3,(H2,27,34)(H,30,31,32). The van der Waals surface area contributed by atoms with Gasteiger partial charge in [-0.1, -0.05) is 30.3 Å². The van der Waals surface area contributed by atoms with Crippen LogP contribution in [0.25, 0.3) is 22.3 Å². The molecule has 1 aromatic carbocycles. The Morgan fingerprint density at radius 2 is 2.06 bits per heavy atom. The Kier molecular flexibility index (Phi) is 6.49. The fraction of sp³-hybridized carbons (Fsp3) is 0.269. The van der Waals surface area contributed by atoms with Gasteiger partial charge in [-0.25, -0.2) is 9.97 Å². The summed E-state index contributed by atoms with van der Waals surface area (Å²) in [6.07, 6.45) is 6.76. The van der Waals surface area contributed by atoms with Crippen molar-refractivity contribution in [2.75, 3.05) is 32.1 Å². The van der Waals surface area contributed by atoms with Gasteiger partial charge in [0, 0.05) is 43.0 Å². The van der Waals surface area contributed by atoms with Gasteiger partial charge in [0.2, 0.25) is 5.91 Å². The smallest absolute Gasteiger partial charge is 0.231 e. The number of methoxy groups -OCH3 is 1. The quantitative estimate of drug-likeness (QED) is 0.404. The maximum atomic E-state index is 11.3. The Labute approximate surface area is 203 Å². The first-order valence-electron chi connectivity index (χ1n) is 11.5. The Balaban J connectivity index is 1.49. The monoisotopic (exact) mass is 469 g/mol.